The topological polar surface area (TPSA) is 23.4 Å². The van der Waals surface area contributed by atoms with Crippen molar-refractivity contribution in [3.8, 4) is 11.5 Å². The van der Waals surface area contributed by atoms with Crippen LogP contribution in [0.15, 0.2) is 158 Å². The first-order chi connectivity index (χ1) is 25.3. The number of nitrogens with zero attached hydrogens (tertiary/aromatic N) is 1. The Labute approximate surface area is 305 Å². The highest BCUT2D eigenvalue weighted by Crippen LogP contribution is 2.50. The van der Waals surface area contributed by atoms with Crippen LogP contribution in [0.1, 0.15) is 58.3 Å². The minimum absolute atomic E-state index is 0.778. The zero-order chi connectivity index (χ0) is 34.7. The molecule has 51 heavy (non-hydrogen) atoms. The molecule has 0 N–H and O–H groups in total. The Morgan fingerprint density at radius 2 is 0.882 bits per heavy atom. The monoisotopic (exact) mass is 707 g/mol. The summed E-state index contributed by atoms with van der Waals surface area (Å²) in [5, 5.41) is 7.12. The largest absolute Gasteiger partial charge is 0.461 e. The first kappa shape index (κ1) is 35.0. The average molecular weight is 708 g/mol. The Balaban J connectivity index is 1.36. The van der Waals surface area contributed by atoms with Crippen LogP contribution >= 0.6 is 16.3 Å². The maximum absolute atomic E-state index is 7.49. The maximum Gasteiger partial charge on any atom is 0.190 e. The molecule has 0 atom stereocenters. The van der Waals surface area contributed by atoms with Gasteiger partial charge in [-0.05, 0) is 24.6 Å². The maximum atomic E-state index is 7.49. The van der Waals surface area contributed by atoms with Gasteiger partial charge in [-0.2, -0.15) is 0 Å². The van der Waals surface area contributed by atoms with Gasteiger partial charge >= 0.3 is 0 Å². The summed E-state index contributed by atoms with van der Waals surface area (Å²) in [7, 11) is -2.37. The highest BCUT2D eigenvalue weighted by molar-refractivity contribution is 7.69. The van der Waals surface area contributed by atoms with Gasteiger partial charge in [0.2, 0.25) is 0 Å². The molecule has 7 aromatic rings. The van der Waals surface area contributed by atoms with Crippen LogP contribution in [0.5, 0.6) is 11.5 Å². The van der Waals surface area contributed by atoms with Gasteiger partial charge in [0, 0.05) is 44.1 Å². The van der Waals surface area contributed by atoms with Crippen LogP contribution < -0.4 is 30.3 Å². The number of aryl methyl sites for hydroxylation is 1. The Hall–Kier alpha value is -4.42. The summed E-state index contributed by atoms with van der Waals surface area (Å²) in [6.45, 7) is 3.22. The zero-order valence-electron chi connectivity index (χ0n) is 29.5. The molecule has 5 heteroatoms. The van der Waals surface area contributed by atoms with Crippen molar-refractivity contribution < 1.29 is 9.05 Å². The molecule has 0 unspecified atom stereocenters. The molecule has 0 aliphatic heterocycles. The Kier molecular flexibility index (Phi) is 12.1. The standard InChI is InChI=1S/C46H47NO2P2/c1-2-3-4-5-6-7-8-23-36-47-43-33-22-21-32-41(43)42-34-35-44(48-50(37-24-13-9-14-25-37)38-26-15-10-16-27-38)46(45(42)47)49-51(39-28-17-11-18-29-39)40-30-19-12-20-31-40/h9-22,24-35H,2-8,23,36H2,1H3. The molecule has 0 bridgehead atoms. The molecule has 258 valence electrons. The molecule has 0 amide bonds. The fourth-order valence-corrected chi connectivity index (χ4v) is 10.3. The minimum Gasteiger partial charge on any atom is -0.461 e. The Morgan fingerprint density at radius 3 is 1.41 bits per heavy atom. The molecular formula is C46H47NO2P2. The second-order valence-corrected chi connectivity index (χ2v) is 16.7. The fraction of sp³-hybridized carbons (Fsp3) is 0.217. The highest BCUT2D eigenvalue weighted by atomic mass is 31.1. The van der Waals surface area contributed by atoms with Gasteiger partial charge in [-0.25, -0.2) is 0 Å². The van der Waals surface area contributed by atoms with Crippen molar-refractivity contribution in [1.29, 1.82) is 0 Å². The van der Waals surface area contributed by atoms with E-state index in [1.165, 1.54) is 71.8 Å². The van der Waals surface area contributed by atoms with Gasteiger partial charge in [-0.3, -0.25) is 0 Å². The number of aromatic nitrogens is 1. The predicted molar refractivity (Wildman–Crippen MR) is 221 cm³/mol. The van der Waals surface area contributed by atoms with E-state index in [9.17, 15) is 0 Å². The second kappa shape index (κ2) is 17.7. The zero-order valence-corrected chi connectivity index (χ0v) is 31.3. The Morgan fingerprint density at radius 1 is 0.431 bits per heavy atom. The predicted octanol–water partition coefficient (Wildman–Crippen LogP) is 11.8. The number of hydrogen-bond donors (Lipinski definition) is 0. The number of para-hydroxylation sites is 1. The molecule has 0 radical (unpaired) electrons. The smallest absolute Gasteiger partial charge is 0.190 e. The Bertz CT molecular complexity index is 2020. The van der Waals surface area contributed by atoms with Gasteiger partial charge in [-0.1, -0.05) is 191 Å². The van der Waals surface area contributed by atoms with Gasteiger partial charge in [-0.15, -0.1) is 0 Å². The number of fused-ring (bicyclic) bond motifs is 3. The van der Waals surface area contributed by atoms with Crippen molar-refractivity contribution in [3.05, 3.63) is 158 Å². The molecule has 0 saturated heterocycles. The molecule has 0 aliphatic carbocycles. The molecule has 1 aromatic heterocycles. The summed E-state index contributed by atoms with van der Waals surface area (Å²) >= 11 is 0. The summed E-state index contributed by atoms with van der Waals surface area (Å²) in [6, 6.07) is 55.8. The molecule has 6 aromatic carbocycles. The number of rotatable bonds is 17. The van der Waals surface area contributed by atoms with E-state index < -0.39 is 16.3 Å². The second-order valence-electron chi connectivity index (χ2n) is 13.0. The molecule has 0 fully saturated rings. The number of hydrogen-bond acceptors (Lipinski definition) is 2. The third-order valence-electron chi connectivity index (χ3n) is 9.42. The SMILES string of the molecule is CCCCCCCCCCn1c2ccccc2c2ccc(OP(c3ccccc3)c3ccccc3)c(OP(c3ccccc3)c3ccccc3)c21. The van der Waals surface area contributed by atoms with Gasteiger partial charge in [0.05, 0.1) is 5.52 Å². The molecule has 0 saturated carbocycles. The minimum atomic E-state index is -1.20. The van der Waals surface area contributed by atoms with Gasteiger partial charge in [0.15, 0.2) is 27.8 Å². The van der Waals surface area contributed by atoms with E-state index in [4.69, 9.17) is 9.05 Å². The summed E-state index contributed by atoms with van der Waals surface area (Å²) < 4.78 is 17.3. The molecule has 7 rings (SSSR count). The first-order valence-corrected chi connectivity index (χ1v) is 21.0. The third-order valence-corrected chi connectivity index (χ3v) is 13.2. The number of unbranched alkanes of at least 4 members (excludes halogenated alkanes) is 7. The molecule has 0 aliphatic rings. The van der Waals surface area contributed by atoms with Crippen LogP contribution in [0.25, 0.3) is 21.8 Å². The molecular weight excluding hydrogens is 660 g/mol. The molecule has 3 nitrogen and oxygen atoms in total. The van der Waals surface area contributed by atoms with E-state index in [1.807, 2.05) is 0 Å². The van der Waals surface area contributed by atoms with E-state index in [0.29, 0.717) is 0 Å². The van der Waals surface area contributed by atoms with Gasteiger partial charge < -0.3 is 13.6 Å². The summed E-state index contributed by atoms with van der Waals surface area (Å²) in [6.07, 6.45) is 10.3. The third kappa shape index (κ3) is 8.39. The molecule has 0 spiro atoms. The number of benzene rings is 6. The summed E-state index contributed by atoms with van der Waals surface area (Å²) in [5.41, 5.74) is 2.36. The van der Waals surface area contributed by atoms with Crippen LogP contribution in [0, 0.1) is 0 Å². The van der Waals surface area contributed by atoms with E-state index in [1.54, 1.807) is 0 Å². The van der Waals surface area contributed by atoms with E-state index in [-0.39, 0.29) is 0 Å². The van der Waals surface area contributed by atoms with Crippen molar-refractivity contribution in [3.63, 3.8) is 0 Å². The fourth-order valence-electron chi connectivity index (χ4n) is 6.84. The molecule has 1 heterocycles. The summed E-state index contributed by atoms with van der Waals surface area (Å²) in [5.74, 6) is 1.60. The highest BCUT2D eigenvalue weighted by Gasteiger charge is 2.27. The van der Waals surface area contributed by atoms with Crippen molar-refractivity contribution in [2.24, 2.45) is 0 Å². The lowest BCUT2D eigenvalue weighted by molar-refractivity contribution is 0.542. The van der Waals surface area contributed by atoms with E-state index >= 15 is 0 Å². The van der Waals surface area contributed by atoms with Crippen LogP contribution in [-0.4, -0.2) is 4.57 Å². The lowest BCUT2D eigenvalue weighted by Gasteiger charge is -2.25. The van der Waals surface area contributed by atoms with Crippen molar-refractivity contribution in [1.82, 2.24) is 4.57 Å². The average Bonchev–Trinajstić information content (AvgIpc) is 3.52. The summed E-state index contributed by atoms with van der Waals surface area (Å²) in [4.78, 5) is 0. The lowest BCUT2D eigenvalue weighted by Crippen LogP contribution is -2.17. The van der Waals surface area contributed by atoms with E-state index in [2.05, 4.69) is 169 Å². The quantitative estimate of drug-likeness (QED) is 0.0695. The van der Waals surface area contributed by atoms with Crippen LogP contribution in [0.2, 0.25) is 0 Å². The van der Waals surface area contributed by atoms with Gasteiger partial charge in [0.1, 0.15) is 0 Å². The lowest BCUT2D eigenvalue weighted by atomic mass is 10.1. The van der Waals surface area contributed by atoms with Crippen molar-refractivity contribution >= 4 is 59.3 Å². The first-order valence-electron chi connectivity index (χ1n) is 18.5. The van der Waals surface area contributed by atoms with Crippen molar-refractivity contribution in [2.45, 2.75) is 64.8 Å². The van der Waals surface area contributed by atoms with Gasteiger partial charge in [0.25, 0.3) is 0 Å². The normalized spacial score (nSPS) is 11.5. The van der Waals surface area contributed by atoms with Crippen LogP contribution in [0.3, 0.4) is 0 Å². The van der Waals surface area contributed by atoms with Crippen LogP contribution in [0.4, 0.5) is 0 Å². The van der Waals surface area contributed by atoms with E-state index in [0.717, 1.165) is 40.6 Å². The van der Waals surface area contributed by atoms with Crippen LogP contribution in [-0.2, 0) is 6.54 Å². The van der Waals surface area contributed by atoms with Crippen molar-refractivity contribution in [2.75, 3.05) is 0 Å².